The largest absolute Gasteiger partial charge is 0.493 e. The third kappa shape index (κ3) is 4.67. The Bertz CT molecular complexity index is 683. The van der Waals surface area contributed by atoms with Crippen LogP contribution in [-0.4, -0.2) is 44.5 Å². The van der Waals surface area contributed by atoms with E-state index in [1.807, 2.05) is 0 Å². The summed E-state index contributed by atoms with van der Waals surface area (Å²) in [5.74, 6) is 1.46. The molecule has 2 aromatic rings. The zero-order valence-electron chi connectivity index (χ0n) is 14.8. The predicted octanol–water partition coefficient (Wildman–Crippen LogP) is 2.03. The molecular formula is C18H23NO6. The van der Waals surface area contributed by atoms with Crippen LogP contribution in [0.4, 0.5) is 0 Å². The fraction of sp³-hybridized carbons (Fsp3) is 0.389. The Morgan fingerprint density at radius 1 is 1.20 bits per heavy atom. The zero-order valence-corrected chi connectivity index (χ0v) is 14.8. The number of furan rings is 1. The average Bonchev–Trinajstić information content (AvgIpc) is 3.10. The second-order valence-corrected chi connectivity index (χ2v) is 5.85. The maximum atomic E-state index is 12.4. The van der Waals surface area contributed by atoms with Gasteiger partial charge >= 0.3 is 0 Å². The number of benzene rings is 1. The van der Waals surface area contributed by atoms with Crippen molar-refractivity contribution in [2.75, 3.05) is 27.9 Å². The fourth-order valence-corrected chi connectivity index (χ4v) is 2.44. The van der Waals surface area contributed by atoms with Crippen molar-refractivity contribution in [3.63, 3.8) is 0 Å². The van der Waals surface area contributed by atoms with Crippen LogP contribution in [-0.2, 0) is 6.42 Å². The average molecular weight is 349 g/mol. The number of carbonyl (C=O) groups excluding carboxylic acids is 1. The quantitative estimate of drug-likeness (QED) is 0.758. The Morgan fingerprint density at radius 3 is 2.32 bits per heavy atom. The monoisotopic (exact) mass is 349 g/mol. The highest BCUT2D eigenvalue weighted by Crippen LogP contribution is 2.38. The number of carbonyl (C=O) groups is 1. The summed E-state index contributed by atoms with van der Waals surface area (Å²) in [5, 5.41) is 13.1. The Labute approximate surface area is 146 Å². The highest BCUT2D eigenvalue weighted by atomic mass is 16.5. The molecule has 1 amide bonds. The summed E-state index contributed by atoms with van der Waals surface area (Å²) in [6, 6.07) is 6.63. The van der Waals surface area contributed by atoms with Gasteiger partial charge in [0.2, 0.25) is 5.75 Å². The van der Waals surface area contributed by atoms with Crippen molar-refractivity contribution in [1.29, 1.82) is 0 Å². The summed E-state index contributed by atoms with van der Waals surface area (Å²) >= 11 is 0. The lowest BCUT2D eigenvalue weighted by molar-refractivity contribution is 0.0510. The second-order valence-electron chi connectivity index (χ2n) is 5.85. The molecule has 7 heteroatoms. The molecule has 0 bridgehead atoms. The zero-order chi connectivity index (χ0) is 18.4. The van der Waals surface area contributed by atoms with E-state index in [9.17, 15) is 9.90 Å². The minimum absolute atomic E-state index is 0.0587. The van der Waals surface area contributed by atoms with E-state index in [2.05, 4.69) is 5.32 Å². The Kier molecular flexibility index (Phi) is 5.93. The number of hydrogen-bond acceptors (Lipinski definition) is 6. The van der Waals surface area contributed by atoms with E-state index in [1.54, 1.807) is 37.5 Å². The third-order valence-electron chi connectivity index (χ3n) is 3.69. The summed E-state index contributed by atoms with van der Waals surface area (Å²) in [6.45, 7) is 1.69. The molecule has 2 N–H and O–H groups in total. The fourth-order valence-electron chi connectivity index (χ4n) is 2.44. The van der Waals surface area contributed by atoms with E-state index < -0.39 is 5.60 Å². The van der Waals surface area contributed by atoms with Gasteiger partial charge in [-0.2, -0.15) is 0 Å². The van der Waals surface area contributed by atoms with Gasteiger partial charge in [-0.05, 0) is 31.2 Å². The highest BCUT2D eigenvalue weighted by Gasteiger charge is 2.24. The number of methoxy groups -OCH3 is 3. The molecule has 136 valence electrons. The first-order valence-electron chi connectivity index (χ1n) is 7.73. The van der Waals surface area contributed by atoms with Crippen LogP contribution in [0.5, 0.6) is 17.2 Å². The van der Waals surface area contributed by atoms with Gasteiger partial charge in [0.05, 0.1) is 33.2 Å². The third-order valence-corrected chi connectivity index (χ3v) is 3.69. The molecule has 1 aromatic carbocycles. The minimum Gasteiger partial charge on any atom is -0.493 e. The molecule has 0 saturated heterocycles. The lowest BCUT2D eigenvalue weighted by Gasteiger charge is -2.22. The molecule has 0 spiro atoms. The van der Waals surface area contributed by atoms with Crippen LogP contribution in [0.25, 0.3) is 0 Å². The molecule has 1 aromatic heterocycles. The van der Waals surface area contributed by atoms with E-state index in [0.29, 0.717) is 28.6 Å². The lowest BCUT2D eigenvalue weighted by Crippen LogP contribution is -2.42. The molecule has 0 aliphatic rings. The van der Waals surface area contributed by atoms with E-state index in [0.717, 1.165) is 0 Å². The summed E-state index contributed by atoms with van der Waals surface area (Å²) in [6.07, 6.45) is 1.83. The van der Waals surface area contributed by atoms with Crippen molar-refractivity contribution in [3.05, 3.63) is 41.9 Å². The molecule has 1 unspecified atom stereocenters. The first kappa shape index (κ1) is 18.7. The van der Waals surface area contributed by atoms with Crippen LogP contribution in [0.3, 0.4) is 0 Å². The molecule has 25 heavy (non-hydrogen) atoms. The van der Waals surface area contributed by atoms with Gasteiger partial charge in [0.25, 0.3) is 5.91 Å². The Morgan fingerprint density at radius 2 is 1.84 bits per heavy atom. The SMILES string of the molecule is COc1cc(C(=O)NCC(C)(O)Cc2ccco2)cc(OC)c1OC. The van der Waals surface area contributed by atoms with E-state index in [4.69, 9.17) is 18.6 Å². The predicted molar refractivity (Wildman–Crippen MR) is 91.5 cm³/mol. The molecule has 0 aliphatic carbocycles. The lowest BCUT2D eigenvalue weighted by atomic mass is 10.0. The van der Waals surface area contributed by atoms with Gasteiger partial charge in [-0.15, -0.1) is 0 Å². The minimum atomic E-state index is -1.14. The first-order valence-corrected chi connectivity index (χ1v) is 7.73. The summed E-state index contributed by atoms with van der Waals surface area (Å²) in [7, 11) is 4.45. The van der Waals surface area contributed by atoms with Crippen LogP contribution in [0.2, 0.25) is 0 Å². The molecule has 0 aliphatic heterocycles. The number of hydrogen-bond donors (Lipinski definition) is 2. The van der Waals surface area contributed by atoms with Gasteiger partial charge in [0, 0.05) is 18.5 Å². The highest BCUT2D eigenvalue weighted by molar-refractivity contribution is 5.95. The number of nitrogens with one attached hydrogen (secondary N) is 1. The number of amides is 1. The molecule has 7 nitrogen and oxygen atoms in total. The number of aliphatic hydroxyl groups is 1. The van der Waals surface area contributed by atoms with Crippen molar-refractivity contribution in [1.82, 2.24) is 5.32 Å². The molecule has 0 radical (unpaired) electrons. The van der Waals surface area contributed by atoms with Crippen molar-refractivity contribution in [2.24, 2.45) is 0 Å². The van der Waals surface area contributed by atoms with E-state index in [-0.39, 0.29) is 18.9 Å². The smallest absolute Gasteiger partial charge is 0.251 e. The van der Waals surface area contributed by atoms with Crippen molar-refractivity contribution >= 4 is 5.91 Å². The Balaban J connectivity index is 2.10. The summed E-state index contributed by atoms with van der Waals surface area (Å²) in [5.41, 5.74) is -0.808. The molecule has 0 saturated carbocycles. The number of ether oxygens (including phenoxy) is 3. The van der Waals surface area contributed by atoms with E-state index >= 15 is 0 Å². The number of rotatable bonds is 8. The van der Waals surface area contributed by atoms with Gasteiger partial charge < -0.3 is 29.1 Å². The van der Waals surface area contributed by atoms with Crippen LogP contribution in [0, 0.1) is 0 Å². The van der Waals surface area contributed by atoms with Crippen LogP contribution in [0.15, 0.2) is 34.9 Å². The standard InChI is InChI=1S/C18H23NO6/c1-18(21,10-13-6-5-7-25-13)11-19-17(20)12-8-14(22-2)16(24-4)15(9-12)23-3/h5-9,21H,10-11H2,1-4H3,(H,19,20). The van der Waals surface area contributed by atoms with Crippen LogP contribution in [0.1, 0.15) is 23.0 Å². The Hall–Kier alpha value is -2.67. The van der Waals surface area contributed by atoms with Crippen molar-refractivity contribution < 1.29 is 28.5 Å². The van der Waals surface area contributed by atoms with Crippen molar-refractivity contribution in [3.8, 4) is 17.2 Å². The first-order chi connectivity index (χ1) is 11.9. The summed E-state index contributed by atoms with van der Waals surface area (Å²) in [4.78, 5) is 12.4. The summed E-state index contributed by atoms with van der Waals surface area (Å²) < 4.78 is 20.9. The van der Waals surface area contributed by atoms with Gasteiger partial charge in [0.15, 0.2) is 11.5 Å². The molecule has 1 heterocycles. The molecular weight excluding hydrogens is 326 g/mol. The molecule has 1 atom stereocenters. The normalized spacial score (nSPS) is 13.0. The van der Waals surface area contributed by atoms with Gasteiger partial charge in [-0.25, -0.2) is 0 Å². The van der Waals surface area contributed by atoms with E-state index in [1.165, 1.54) is 21.3 Å². The molecule has 0 fully saturated rings. The topological polar surface area (TPSA) is 90.2 Å². The van der Waals surface area contributed by atoms with Gasteiger partial charge in [-0.3, -0.25) is 4.79 Å². The van der Waals surface area contributed by atoms with Crippen molar-refractivity contribution in [2.45, 2.75) is 18.9 Å². The van der Waals surface area contributed by atoms with Crippen LogP contribution < -0.4 is 19.5 Å². The van der Waals surface area contributed by atoms with Gasteiger partial charge in [0.1, 0.15) is 5.76 Å². The maximum absolute atomic E-state index is 12.4. The second kappa shape index (κ2) is 7.94. The van der Waals surface area contributed by atoms with Crippen LogP contribution >= 0.6 is 0 Å². The van der Waals surface area contributed by atoms with Gasteiger partial charge in [-0.1, -0.05) is 0 Å². The molecule has 2 rings (SSSR count). The maximum Gasteiger partial charge on any atom is 0.251 e.